The fourth-order valence-corrected chi connectivity index (χ4v) is 3.65. The number of anilines is 1. The molecule has 2 amide bonds. The average molecular weight is 538 g/mol. The number of amides is 2. The summed E-state index contributed by atoms with van der Waals surface area (Å²) in [6.45, 7) is 7.18. The van der Waals surface area contributed by atoms with Gasteiger partial charge in [0.1, 0.15) is 6.04 Å². The third-order valence-electron chi connectivity index (χ3n) is 5.72. The second-order valence-electron chi connectivity index (χ2n) is 9.66. The number of fused-ring (bicyclic) bond motifs is 1. The molecule has 1 aliphatic heterocycles. The molecule has 0 fully saturated rings. The van der Waals surface area contributed by atoms with Crippen LogP contribution in [0.25, 0.3) is 0 Å². The van der Waals surface area contributed by atoms with Gasteiger partial charge >= 0.3 is 12.1 Å². The Balaban J connectivity index is 0.000000638. The minimum absolute atomic E-state index is 0.00804. The maximum Gasteiger partial charge on any atom is 0.490 e. The van der Waals surface area contributed by atoms with Crippen LogP contribution in [0.5, 0.6) is 0 Å². The lowest BCUT2D eigenvalue weighted by Crippen LogP contribution is -2.49. The fourth-order valence-electron chi connectivity index (χ4n) is 3.65. The predicted molar refractivity (Wildman–Crippen MR) is 136 cm³/mol. The van der Waals surface area contributed by atoms with Crippen molar-refractivity contribution in [2.45, 2.75) is 70.5 Å². The van der Waals surface area contributed by atoms with Crippen molar-refractivity contribution in [2.24, 2.45) is 0 Å². The van der Waals surface area contributed by atoms with E-state index in [1.807, 2.05) is 75.4 Å². The van der Waals surface area contributed by atoms with Gasteiger partial charge in [-0.3, -0.25) is 9.59 Å². The minimum Gasteiger partial charge on any atom is -0.475 e. The van der Waals surface area contributed by atoms with Crippen LogP contribution in [-0.2, 0) is 32.1 Å². The number of carbonyl (C=O) groups excluding carboxylic acids is 2. The lowest BCUT2D eigenvalue weighted by atomic mass is 9.99. The lowest BCUT2D eigenvalue weighted by Gasteiger charge is -2.28. The topological polar surface area (TPSA) is 117 Å². The molecule has 1 aliphatic rings. The highest BCUT2D eigenvalue weighted by atomic mass is 19.4. The first-order valence-electron chi connectivity index (χ1n) is 12.2. The van der Waals surface area contributed by atoms with E-state index in [1.54, 1.807) is 0 Å². The van der Waals surface area contributed by atoms with Gasteiger partial charge in [0.05, 0.1) is 12.7 Å². The van der Waals surface area contributed by atoms with Gasteiger partial charge in [-0.05, 0) is 50.8 Å². The molecule has 0 bridgehead atoms. The molecular weight excluding hydrogens is 503 g/mol. The molecule has 2 aromatic rings. The Hall–Kier alpha value is -3.44. The Morgan fingerprint density at radius 3 is 2.34 bits per heavy atom. The number of hydrogen-bond acceptors (Lipinski definition) is 5. The number of halogens is 3. The molecule has 2 aromatic carbocycles. The van der Waals surface area contributed by atoms with Crippen LogP contribution in [0.15, 0.2) is 54.6 Å². The van der Waals surface area contributed by atoms with E-state index in [-0.39, 0.29) is 24.3 Å². The SMILES string of the molecule is C[C@H](CNC(C)(C)CC(=O)N[C@@H]1CCc2ccccc2NC1=O)OCc1ccccc1.O=C(O)C(F)(F)F. The van der Waals surface area contributed by atoms with Gasteiger partial charge in [-0.1, -0.05) is 48.5 Å². The molecule has 11 heteroatoms. The maximum atomic E-state index is 12.7. The summed E-state index contributed by atoms with van der Waals surface area (Å²) in [4.78, 5) is 34.1. The normalized spacial score (nSPS) is 16.2. The van der Waals surface area contributed by atoms with Crippen molar-refractivity contribution < 1.29 is 37.4 Å². The zero-order valence-electron chi connectivity index (χ0n) is 21.6. The highest BCUT2D eigenvalue weighted by Gasteiger charge is 2.38. The number of aryl methyl sites for hydroxylation is 1. The number of carbonyl (C=O) groups is 3. The van der Waals surface area contributed by atoms with E-state index in [9.17, 15) is 22.8 Å². The van der Waals surface area contributed by atoms with Crippen molar-refractivity contribution in [3.63, 3.8) is 0 Å². The summed E-state index contributed by atoms with van der Waals surface area (Å²) >= 11 is 0. The monoisotopic (exact) mass is 537 g/mol. The third-order valence-corrected chi connectivity index (χ3v) is 5.72. The first-order valence-corrected chi connectivity index (χ1v) is 12.2. The average Bonchev–Trinajstić information content (AvgIpc) is 3.00. The van der Waals surface area contributed by atoms with Gasteiger partial charge in [-0.2, -0.15) is 13.2 Å². The molecule has 0 saturated carbocycles. The third kappa shape index (κ3) is 10.9. The molecule has 1 heterocycles. The number of benzene rings is 2. The van der Waals surface area contributed by atoms with Crippen molar-refractivity contribution in [1.29, 1.82) is 0 Å². The Labute approximate surface area is 220 Å². The van der Waals surface area contributed by atoms with E-state index in [4.69, 9.17) is 14.6 Å². The van der Waals surface area contributed by atoms with E-state index in [1.165, 1.54) is 0 Å². The molecule has 0 spiro atoms. The maximum absolute atomic E-state index is 12.7. The van der Waals surface area contributed by atoms with Crippen molar-refractivity contribution in [3.8, 4) is 0 Å². The van der Waals surface area contributed by atoms with Crippen LogP contribution in [0.2, 0.25) is 0 Å². The summed E-state index contributed by atoms with van der Waals surface area (Å²) in [5, 5.41) is 16.4. The summed E-state index contributed by atoms with van der Waals surface area (Å²) in [7, 11) is 0. The smallest absolute Gasteiger partial charge is 0.475 e. The molecule has 3 rings (SSSR count). The summed E-state index contributed by atoms with van der Waals surface area (Å²) in [6.07, 6.45) is -3.46. The van der Waals surface area contributed by atoms with Crippen molar-refractivity contribution in [3.05, 3.63) is 65.7 Å². The molecule has 4 N–H and O–H groups in total. The van der Waals surface area contributed by atoms with Gasteiger partial charge in [-0.15, -0.1) is 0 Å². The van der Waals surface area contributed by atoms with E-state index >= 15 is 0 Å². The highest BCUT2D eigenvalue weighted by molar-refractivity contribution is 5.98. The minimum atomic E-state index is -5.08. The zero-order chi connectivity index (χ0) is 28.3. The van der Waals surface area contributed by atoms with Crippen LogP contribution in [-0.4, -0.2) is 53.3 Å². The Kier molecular flexibility index (Phi) is 11.3. The quantitative estimate of drug-likeness (QED) is 0.384. The molecule has 0 aliphatic carbocycles. The number of nitrogens with one attached hydrogen (secondary N) is 3. The number of para-hydroxylation sites is 1. The number of hydrogen-bond donors (Lipinski definition) is 4. The molecule has 0 unspecified atom stereocenters. The standard InChI is InChI=1S/C25H33N3O3.C2HF3O2/c1-18(31-17-19-9-5-4-6-10-19)16-26-25(2,3)15-23(29)27-22-14-13-20-11-7-8-12-21(20)28-24(22)30;3-2(4,5)1(6)7/h4-12,18,22,26H,13-17H2,1-3H3,(H,27,29)(H,28,30);(H,6,7)/t18-,22-;/m1./s1. The van der Waals surface area contributed by atoms with Crippen LogP contribution in [0.3, 0.4) is 0 Å². The molecule has 2 atom stereocenters. The second kappa shape index (κ2) is 13.9. The molecule has 38 heavy (non-hydrogen) atoms. The van der Waals surface area contributed by atoms with Gasteiger partial charge in [-0.25, -0.2) is 4.79 Å². The van der Waals surface area contributed by atoms with E-state index in [0.717, 1.165) is 23.2 Å². The second-order valence-corrected chi connectivity index (χ2v) is 9.66. The highest BCUT2D eigenvalue weighted by Crippen LogP contribution is 2.22. The predicted octanol–water partition coefficient (Wildman–Crippen LogP) is 4.05. The molecular formula is C27H34F3N3O5. The first kappa shape index (κ1) is 30.8. The van der Waals surface area contributed by atoms with Crippen LogP contribution in [0.1, 0.15) is 44.7 Å². The number of aliphatic carboxylic acids is 1. The van der Waals surface area contributed by atoms with E-state index in [2.05, 4.69) is 16.0 Å². The summed E-state index contributed by atoms with van der Waals surface area (Å²) < 4.78 is 37.6. The van der Waals surface area contributed by atoms with Crippen molar-refractivity contribution >= 4 is 23.5 Å². The van der Waals surface area contributed by atoms with E-state index < -0.39 is 23.7 Å². The van der Waals surface area contributed by atoms with Gasteiger partial charge in [0.2, 0.25) is 11.8 Å². The number of rotatable bonds is 9. The summed E-state index contributed by atoms with van der Waals surface area (Å²) in [6, 6.07) is 17.3. The molecule has 8 nitrogen and oxygen atoms in total. The van der Waals surface area contributed by atoms with Crippen molar-refractivity contribution in [1.82, 2.24) is 10.6 Å². The zero-order valence-corrected chi connectivity index (χ0v) is 21.6. The van der Waals surface area contributed by atoms with Gasteiger partial charge < -0.3 is 25.8 Å². The summed E-state index contributed by atoms with van der Waals surface area (Å²) in [5.74, 6) is -3.05. The van der Waals surface area contributed by atoms with Crippen LogP contribution >= 0.6 is 0 Å². The molecule has 0 aromatic heterocycles. The Morgan fingerprint density at radius 1 is 1.11 bits per heavy atom. The van der Waals surface area contributed by atoms with Gasteiger partial charge in [0, 0.05) is 24.2 Å². The van der Waals surface area contributed by atoms with Crippen LogP contribution < -0.4 is 16.0 Å². The lowest BCUT2D eigenvalue weighted by molar-refractivity contribution is -0.192. The van der Waals surface area contributed by atoms with Crippen LogP contribution in [0.4, 0.5) is 18.9 Å². The fraction of sp³-hybridized carbons (Fsp3) is 0.444. The molecule has 0 radical (unpaired) electrons. The largest absolute Gasteiger partial charge is 0.490 e. The first-order chi connectivity index (χ1) is 17.8. The van der Waals surface area contributed by atoms with Crippen LogP contribution in [0, 0.1) is 0 Å². The number of carboxylic acids is 1. The van der Waals surface area contributed by atoms with Gasteiger partial charge in [0.25, 0.3) is 0 Å². The van der Waals surface area contributed by atoms with E-state index in [0.29, 0.717) is 19.6 Å². The molecule has 208 valence electrons. The number of carboxylic acid groups (broad SMARTS) is 1. The summed E-state index contributed by atoms with van der Waals surface area (Å²) in [5.41, 5.74) is 2.64. The Bertz CT molecular complexity index is 1080. The molecule has 0 saturated heterocycles. The Morgan fingerprint density at radius 2 is 1.71 bits per heavy atom. The van der Waals surface area contributed by atoms with Gasteiger partial charge in [0.15, 0.2) is 0 Å². The number of ether oxygens (including phenoxy) is 1. The number of alkyl halides is 3. The van der Waals surface area contributed by atoms with Crippen molar-refractivity contribution in [2.75, 3.05) is 11.9 Å².